The Morgan fingerprint density at radius 2 is 2.12 bits per heavy atom. The fraction of sp³-hybridized carbons (Fsp3) is 0.368. The van der Waals surface area contributed by atoms with Crippen LogP contribution in [-0.2, 0) is 6.42 Å². The van der Waals surface area contributed by atoms with Crippen molar-refractivity contribution in [3.8, 4) is 0 Å². The Hall–Kier alpha value is -2.27. The molecule has 5 heteroatoms. The summed E-state index contributed by atoms with van der Waals surface area (Å²) < 4.78 is 13.9. The lowest BCUT2D eigenvalue weighted by Gasteiger charge is -2.36. The van der Waals surface area contributed by atoms with Crippen LogP contribution in [0.1, 0.15) is 28.0 Å². The number of aliphatic hydroxyl groups excluding tert-OH is 1. The number of rotatable bonds is 3. The first-order chi connectivity index (χ1) is 11.6. The van der Waals surface area contributed by atoms with Crippen LogP contribution in [0.2, 0.25) is 0 Å². The summed E-state index contributed by atoms with van der Waals surface area (Å²) in [5.74, 6) is -0.515. The lowest BCUT2D eigenvalue weighted by atomic mass is 9.88. The van der Waals surface area contributed by atoms with E-state index in [-0.39, 0.29) is 17.6 Å². The van der Waals surface area contributed by atoms with E-state index in [0.717, 1.165) is 0 Å². The molecular weight excluding hydrogens is 307 g/mol. The molecule has 0 radical (unpaired) electrons. The van der Waals surface area contributed by atoms with Crippen molar-refractivity contribution in [1.82, 2.24) is 9.88 Å². The average Bonchev–Trinajstić information content (AvgIpc) is 2.58. The Labute approximate surface area is 141 Å². The topological polar surface area (TPSA) is 53.4 Å². The molecule has 0 saturated carbocycles. The van der Waals surface area contributed by atoms with Crippen LogP contribution in [0, 0.1) is 18.7 Å². The van der Waals surface area contributed by atoms with Crippen LogP contribution in [0.5, 0.6) is 0 Å². The summed E-state index contributed by atoms with van der Waals surface area (Å²) in [6, 6.07) is 10.1. The zero-order chi connectivity index (χ0) is 17.1. The van der Waals surface area contributed by atoms with Gasteiger partial charge in [-0.25, -0.2) is 4.39 Å². The number of carbonyl (C=O) groups is 1. The molecule has 0 aliphatic carbocycles. The SMILES string of the molecule is Cc1ncccc1C(=O)N1CC[C@@H](O)[C@H](Cc2ccccc2F)C1. The first-order valence-corrected chi connectivity index (χ1v) is 8.18. The Bertz CT molecular complexity index is 735. The first-order valence-electron chi connectivity index (χ1n) is 8.18. The summed E-state index contributed by atoms with van der Waals surface area (Å²) in [5, 5.41) is 10.3. The van der Waals surface area contributed by atoms with Gasteiger partial charge in [0, 0.05) is 30.9 Å². The Morgan fingerprint density at radius 1 is 1.33 bits per heavy atom. The molecule has 4 nitrogen and oxygen atoms in total. The van der Waals surface area contributed by atoms with Crippen molar-refractivity contribution in [1.29, 1.82) is 0 Å². The van der Waals surface area contributed by atoms with Crippen LogP contribution in [-0.4, -0.2) is 40.1 Å². The summed E-state index contributed by atoms with van der Waals surface area (Å²) in [5.41, 5.74) is 1.85. The number of aryl methyl sites for hydroxylation is 1. The normalized spacial score (nSPS) is 20.9. The Balaban J connectivity index is 1.75. The fourth-order valence-corrected chi connectivity index (χ4v) is 3.23. The number of halogens is 1. The second-order valence-corrected chi connectivity index (χ2v) is 6.30. The zero-order valence-corrected chi connectivity index (χ0v) is 13.7. The van der Waals surface area contributed by atoms with E-state index < -0.39 is 6.10 Å². The van der Waals surface area contributed by atoms with Gasteiger partial charge < -0.3 is 10.0 Å². The van der Waals surface area contributed by atoms with E-state index in [9.17, 15) is 14.3 Å². The number of benzene rings is 1. The minimum absolute atomic E-state index is 0.0777. The van der Waals surface area contributed by atoms with Gasteiger partial charge >= 0.3 is 0 Å². The maximum atomic E-state index is 13.9. The van der Waals surface area contributed by atoms with Crippen LogP contribution in [0.25, 0.3) is 0 Å². The van der Waals surface area contributed by atoms with Gasteiger partial charge in [-0.05, 0) is 43.5 Å². The van der Waals surface area contributed by atoms with Gasteiger partial charge in [0.25, 0.3) is 5.91 Å². The quantitative estimate of drug-likeness (QED) is 0.942. The second-order valence-electron chi connectivity index (χ2n) is 6.30. The van der Waals surface area contributed by atoms with E-state index in [0.29, 0.717) is 42.8 Å². The van der Waals surface area contributed by atoms with Crippen LogP contribution in [0.4, 0.5) is 4.39 Å². The highest BCUT2D eigenvalue weighted by atomic mass is 19.1. The molecule has 24 heavy (non-hydrogen) atoms. The lowest BCUT2D eigenvalue weighted by Crippen LogP contribution is -2.47. The van der Waals surface area contributed by atoms with E-state index in [1.165, 1.54) is 6.07 Å². The number of carbonyl (C=O) groups excluding carboxylic acids is 1. The predicted molar refractivity (Wildman–Crippen MR) is 89.1 cm³/mol. The Morgan fingerprint density at radius 3 is 2.88 bits per heavy atom. The summed E-state index contributed by atoms with van der Waals surface area (Å²) in [4.78, 5) is 18.6. The minimum Gasteiger partial charge on any atom is -0.393 e. The molecule has 3 rings (SSSR count). The minimum atomic E-state index is -0.524. The molecule has 0 unspecified atom stereocenters. The summed E-state index contributed by atoms with van der Waals surface area (Å²) >= 11 is 0. The maximum Gasteiger partial charge on any atom is 0.255 e. The summed E-state index contributed by atoms with van der Waals surface area (Å²) in [6.07, 6.45) is 2.06. The second kappa shape index (κ2) is 7.09. The number of hydrogen-bond acceptors (Lipinski definition) is 3. The molecular formula is C19H21FN2O2. The number of pyridine rings is 1. The molecule has 2 heterocycles. The number of aliphatic hydroxyl groups is 1. The smallest absolute Gasteiger partial charge is 0.255 e. The molecule has 1 saturated heterocycles. The summed E-state index contributed by atoms with van der Waals surface area (Å²) in [7, 11) is 0. The number of aromatic nitrogens is 1. The van der Waals surface area contributed by atoms with Gasteiger partial charge in [0.1, 0.15) is 5.82 Å². The predicted octanol–water partition coefficient (Wildman–Crippen LogP) is 2.59. The third kappa shape index (κ3) is 3.46. The van der Waals surface area contributed by atoms with Crippen LogP contribution in [0.3, 0.4) is 0 Å². The Kier molecular flexibility index (Phi) is 4.90. The van der Waals surface area contributed by atoms with Gasteiger partial charge in [-0.3, -0.25) is 9.78 Å². The van der Waals surface area contributed by atoms with Crippen molar-refractivity contribution in [2.24, 2.45) is 5.92 Å². The van der Waals surface area contributed by atoms with Gasteiger partial charge in [0.05, 0.1) is 11.7 Å². The molecule has 1 aromatic heterocycles. The summed E-state index contributed by atoms with van der Waals surface area (Å²) in [6.45, 7) is 2.73. The van der Waals surface area contributed by atoms with Crippen molar-refractivity contribution < 1.29 is 14.3 Å². The number of piperidine rings is 1. The van der Waals surface area contributed by atoms with Crippen molar-refractivity contribution in [3.05, 3.63) is 65.2 Å². The molecule has 1 aliphatic rings. The fourth-order valence-electron chi connectivity index (χ4n) is 3.23. The highest BCUT2D eigenvalue weighted by Gasteiger charge is 2.31. The maximum absolute atomic E-state index is 13.9. The average molecular weight is 328 g/mol. The molecule has 0 bridgehead atoms. The van der Waals surface area contributed by atoms with Gasteiger partial charge in [-0.15, -0.1) is 0 Å². The van der Waals surface area contributed by atoms with Crippen LogP contribution < -0.4 is 0 Å². The van der Waals surface area contributed by atoms with Gasteiger partial charge in [-0.2, -0.15) is 0 Å². The molecule has 1 aromatic carbocycles. The number of hydrogen-bond donors (Lipinski definition) is 1. The van der Waals surface area contributed by atoms with E-state index in [2.05, 4.69) is 4.98 Å². The highest BCUT2D eigenvalue weighted by Crippen LogP contribution is 2.24. The number of nitrogens with zero attached hydrogens (tertiary/aromatic N) is 2. The number of amides is 1. The first kappa shape index (κ1) is 16.6. The molecule has 1 fully saturated rings. The molecule has 1 aliphatic heterocycles. The molecule has 2 atom stereocenters. The van der Waals surface area contributed by atoms with Crippen molar-refractivity contribution >= 4 is 5.91 Å². The van der Waals surface area contributed by atoms with E-state index >= 15 is 0 Å². The molecule has 126 valence electrons. The molecule has 1 N–H and O–H groups in total. The van der Waals surface area contributed by atoms with Crippen LogP contribution >= 0.6 is 0 Å². The van der Waals surface area contributed by atoms with E-state index in [1.54, 1.807) is 41.4 Å². The van der Waals surface area contributed by atoms with Crippen molar-refractivity contribution in [2.75, 3.05) is 13.1 Å². The molecule has 2 aromatic rings. The van der Waals surface area contributed by atoms with Crippen molar-refractivity contribution in [2.45, 2.75) is 25.9 Å². The van der Waals surface area contributed by atoms with Gasteiger partial charge in [0.15, 0.2) is 0 Å². The standard InChI is InChI=1S/C19H21FN2O2/c1-13-16(6-4-9-21-13)19(24)22-10-8-18(23)15(12-22)11-14-5-2-3-7-17(14)20/h2-7,9,15,18,23H,8,10-12H2,1H3/t15-,18-/m1/s1. The monoisotopic (exact) mass is 328 g/mol. The van der Waals surface area contributed by atoms with Gasteiger partial charge in [0.2, 0.25) is 0 Å². The molecule has 0 spiro atoms. The third-order valence-electron chi connectivity index (χ3n) is 4.66. The largest absolute Gasteiger partial charge is 0.393 e. The zero-order valence-electron chi connectivity index (χ0n) is 13.7. The lowest BCUT2D eigenvalue weighted by molar-refractivity contribution is 0.0238. The van der Waals surface area contributed by atoms with E-state index in [4.69, 9.17) is 0 Å². The van der Waals surface area contributed by atoms with Crippen LogP contribution in [0.15, 0.2) is 42.6 Å². The van der Waals surface area contributed by atoms with E-state index in [1.807, 2.05) is 6.92 Å². The third-order valence-corrected chi connectivity index (χ3v) is 4.66. The van der Waals surface area contributed by atoms with Gasteiger partial charge in [-0.1, -0.05) is 18.2 Å². The molecule has 1 amide bonds. The van der Waals surface area contributed by atoms with Crippen molar-refractivity contribution in [3.63, 3.8) is 0 Å². The number of likely N-dealkylation sites (tertiary alicyclic amines) is 1. The highest BCUT2D eigenvalue weighted by molar-refractivity contribution is 5.95.